The number of nitrogens with one attached hydrogen (secondary N) is 2. The summed E-state index contributed by atoms with van der Waals surface area (Å²) in [5.74, 6) is -1.11. The Morgan fingerprint density at radius 1 is 0.667 bits per heavy atom. The van der Waals surface area contributed by atoms with Crippen molar-refractivity contribution in [2.45, 2.75) is 71.6 Å². The fourth-order valence-corrected chi connectivity index (χ4v) is 4.13. The summed E-state index contributed by atoms with van der Waals surface area (Å²) >= 11 is 0. The Hall–Kier alpha value is -3.28. The summed E-state index contributed by atoms with van der Waals surface area (Å²) in [6.45, 7) is 3.90. The number of carbonyl (C=O) groups excluding carboxylic acids is 4. The number of hydrogen-bond donors (Lipinski definition) is 2. The van der Waals surface area contributed by atoms with Gasteiger partial charge in [-0.2, -0.15) is 0 Å². The van der Waals surface area contributed by atoms with Crippen LogP contribution in [0.2, 0.25) is 0 Å². The van der Waals surface area contributed by atoms with Crippen molar-refractivity contribution in [3.8, 4) is 0 Å². The predicted molar refractivity (Wildman–Crippen MR) is 130 cm³/mol. The normalized spacial score (nSPS) is 12.2. The van der Waals surface area contributed by atoms with Crippen molar-refractivity contribution in [3.05, 3.63) is 58.7 Å². The lowest BCUT2D eigenvalue weighted by atomic mass is 9.82. The van der Waals surface area contributed by atoms with Crippen molar-refractivity contribution in [2.75, 3.05) is 10.6 Å². The minimum atomic E-state index is -0.338. The smallest absolute Gasteiger partial charge is 0.224 e. The summed E-state index contributed by atoms with van der Waals surface area (Å²) in [7, 11) is 0. The number of amides is 2. The molecule has 0 saturated heterocycles. The zero-order valence-corrected chi connectivity index (χ0v) is 19.5. The lowest BCUT2D eigenvalue weighted by Gasteiger charge is -2.23. The van der Waals surface area contributed by atoms with E-state index in [2.05, 4.69) is 17.6 Å². The fourth-order valence-electron chi connectivity index (χ4n) is 4.13. The van der Waals surface area contributed by atoms with Crippen LogP contribution in [0.1, 0.15) is 103 Å². The molecule has 6 heteroatoms. The number of unbranched alkanes of at least 4 members (excludes halogenated alkanes) is 6. The Morgan fingerprint density at radius 2 is 1.15 bits per heavy atom. The van der Waals surface area contributed by atoms with Crippen molar-refractivity contribution in [3.63, 3.8) is 0 Å². The molecule has 0 saturated carbocycles. The standard InChI is InChI=1S/C27H32N2O4/c1-3-5-6-7-8-9-10-15-23(31)29-21-17-16-20(28-22(30)4-2)24-25(21)27(33)19-14-12-11-13-18(19)26(24)32/h11-14,16-17H,3-10,15H2,1-2H3,(H,28,30)(H,29,31). The van der Waals surface area contributed by atoms with Gasteiger partial charge in [0.05, 0.1) is 22.5 Å². The van der Waals surface area contributed by atoms with E-state index in [-0.39, 0.29) is 46.6 Å². The van der Waals surface area contributed by atoms with Crippen LogP contribution in [0.4, 0.5) is 11.4 Å². The molecule has 2 aromatic carbocycles. The van der Waals surface area contributed by atoms with Crippen molar-refractivity contribution in [2.24, 2.45) is 0 Å². The van der Waals surface area contributed by atoms with Crippen LogP contribution in [0.5, 0.6) is 0 Å². The lowest BCUT2D eigenvalue weighted by molar-refractivity contribution is -0.117. The minimum Gasteiger partial charge on any atom is -0.325 e. The van der Waals surface area contributed by atoms with Crippen LogP contribution >= 0.6 is 0 Å². The van der Waals surface area contributed by atoms with E-state index in [1.165, 1.54) is 25.7 Å². The average molecular weight is 449 g/mol. The number of hydrogen-bond acceptors (Lipinski definition) is 4. The minimum absolute atomic E-state index is 0.134. The molecule has 1 aliphatic carbocycles. The largest absolute Gasteiger partial charge is 0.325 e. The summed E-state index contributed by atoms with van der Waals surface area (Å²) in [6.07, 6.45) is 8.34. The summed E-state index contributed by atoms with van der Waals surface area (Å²) in [4.78, 5) is 51.2. The van der Waals surface area contributed by atoms with Gasteiger partial charge in [0.25, 0.3) is 0 Å². The van der Waals surface area contributed by atoms with E-state index in [9.17, 15) is 19.2 Å². The highest BCUT2D eigenvalue weighted by Crippen LogP contribution is 2.36. The van der Waals surface area contributed by atoms with Crippen molar-refractivity contribution < 1.29 is 19.2 Å². The zero-order valence-electron chi connectivity index (χ0n) is 19.5. The number of benzene rings is 2. The predicted octanol–water partition coefficient (Wildman–Crippen LogP) is 5.89. The van der Waals surface area contributed by atoms with E-state index in [4.69, 9.17) is 0 Å². The Balaban J connectivity index is 1.81. The molecule has 0 spiro atoms. The third-order valence-electron chi connectivity index (χ3n) is 5.95. The van der Waals surface area contributed by atoms with E-state index < -0.39 is 0 Å². The van der Waals surface area contributed by atoms with E-state index in [0.717, 1.165) is 19.3 Å². The number of carbonyl (C=O) groups is 4. The quantitative estimate of drug-likeness (QED) is 0.358. The molecular formula is C27H32N2O4. The molecule has 0 fully saturated rings. The van der Waals surface area contributed by atoms with Crippen LogP contribution in [0.3, 0.4) is 0 Å². The molecule has 0 heterocycles. The molecule has 33 heavy (non-hydrogen) atoms. The number of anilines is 2. The average Bonchev–Trinajstić information content (AvgIpc) is 2.82. The second-order valence-corrected chi connectivity index (χ2v) is 8.44. The molecule has 3 rings (SSSR count). The van der Waals surface area contributed by atoms with E-state index >= 15 is 0 Å². The first kappa shape index (κ1) is 24.4. The van der Waals surface area contributed by atoms with Gasteiger partial charge in [0.15, 0.2) is 11.6 Å². The van der Waals surface area contributed by atoms with Gasteiger partial charge in [-0.1, -0.05) is 76.6 Å². The van der Waals surface area contributed by atoms with Crippen LogP contribution in [-0.2, 0) is 9.59 Å². The van der Waals surface area contributed by atoms with Crippen LogP contribution in [0.15, 0.2) is 36.4 Å². The molecule has 1 aliphatic rings. The first-order chi connectivity index (χ1) is 16.0. The Kier molecular flexibility index (Phi) is 8.52. The van der Waals surface area contributed by atoms with E-state index in [0.29, 0.717) is 23.2 Å². The van der Waals surface area contributed by atoms with E-state index in [1.54, 1.807) is 43.3 Å². The van der Waals surface area contributed by atoms with Gasteiger partial charge in [0, 0.05) is 24.0 Å². The Bertz CT molecular complexity index is 1060. The third kappa shape index (κ3) is 5.75. The number of fused-ring (bicyclic) bond motifs is 2. The summed E-state index contributed by atoms with van der Waals surface area (Å²) in [5.41, 5.74) is 1.47. The molecule has 2 N–H and O–H groups in total. The van der Waals surface area contributed by atoms with Gasteiger partial charge in [-0.05, 0) is 18.6 Å². The van der Waals surface area contributed by atoms with Crippen LogP contribution in [0, 0.1) is 0 Å². The second-order valence-electron chi connectivity index (χ2n) is 8.44. The molecule has 174 valence electrons. The van der Waals surface area contributed by atoms with Gasteiger partial charge >= 0.3 is 0 Å². The van der Waals surface area contributed by atoms with Gasteiger partial charge in [0.2, 0.25) is 11.8 Å². The molecule has 0 aliphatic heterocycles. The third-order valence-corrected chi connectivity index (χ3v) is 5.95. The molecule has 0 unspecified atom stereocenters. The van der Waals surface area contributed by atoms with Crippen LogP contribution in [-0.4, -0.2) is 23.4 Å². The maximum atomic E-state index is 13.3. The molecular weight excluding hydrogens is 416 g/mol. The molecule has 0 bridgehead atoms. The van der Waals surface area contributed by atoms with E-state index in [1.807, 2.05) is 0 Å². The molecule has 2 amide bonds. The topological polar surface area (TPSA) is 92.3 Å². The highest BCUT2D eigenvalue weighted by Gasteiger charge is 2.34. The molecule has 2 aromatic rings. The van der Waals surface area contributed by atoms with Crippen LogP contribution in [0.25, 0.3) is 0 Å². The van der Waals surface area contributed by atoms with Crippen LogP contribution < -0.4 is 10.6 Å². The maximum Gasteiger partial charge on any atom is 0.224 e. The Labute approximate surface area is 195 Å². The van der Waals surface area contributed by atoms with Crippen molar-refractivity contribution in [1.29, 1.82) is 0 Å². The molecule has 0 aromatic heterocycles. The highest BCUT2D eigenvalue weighted by atomic mass is 16.2. The molecule has 6 nitrogen and oxygen atoms in total. The number of rotatable bonds is 11. The maximum absolute atomic E-state index is 13.3. The number of ketones is 2. The summed E-state index contributed by atoms with van der Waals surface area (Å²) in [5, 5.41) is 5.55. The van der Waals surface area contributed by atoms with Crippen molar-refractivity contribution in [1.82, 2.24) is 0 Å². The SMILES string of the molecule is CCCCCCCCCC(=O)Nc1ccc(NC(=O)CC)c2c1C(=O)c1ccccc1C2=O. The van der Waals surface area contributed by atoms with Gasteiger partial charge in [-0.15, -0.1) is 0 Å². The fraction of sp³-hybridized carbons (Fsp3) is 0.407. The zero-order chi connectivity index (χ0) is 23.8. The Morgan fingerprint density at radius 3 is 1.67 bits per heavy atom. The van der Waals surface area contributed by atoms with Gasteiger partial charge in [0.1, 0.15) is 0 Å². The monoisotopic (exact) mass is 448 g/mol. The molecule has 0 atom stereocenters. The van der Waals surface area contributed by atoms with Gasteiger partial charge in [-0.25, -0.2) is 0 Å². The first-order valence-electron chi connectivity index (χ1n) is 11.9. The van der Waals surface area contributed by atoms with Crippen molar-refractivity contribution >= 4 is 34.8 Å². The highest BCUT2D eigenvalue weighted by molar-refractivity contribution is 6.32. The van der Waals surface area contributed by atoms with Gasteiger partial charge < -0.3 is 10.6 Å². The lowest BCUT2D eigenvalue weighted by Crippen LogP contribution is -2.26. The first-order valence-corrected chi connectivity index (χ1v) is 11.9. The molecule has 0 radical (unpaired) electrons. The van der Waals surface area contributed by atoms with Gasteiger partial charge in [-0.3, -0.25) is 19.2 Å². The second kappa shape index (κ2) is 11.5. The summed E-state index contributed by atoms with van der Waals surface area (Å²) in [6, 6.07) is 9.79. The summed E-state index contributed by atoms with van der Waals surface area (Å²) < 4.78 is 0.